The maximum Gasteiger partial charge on any atom is 0.335 e. The number of pyridine rings is 1. The van der Waals surface area contributed by atoms with Gasteiger partial charge in [0.15, 0.2) is 0 Å². The fourth-order valence-electron chi connectivity index (χ4n) is 3.39. The molecule has 0 aliphatic carbocycles. The molecule has 3 aromatic rings. The van der Waals surface area contributed by atoms with Gasteiger partial charge < -0.3 is 4.65 Å². The third kappa shape index (κ3) is 2.27. The van der Waals surface area contributed by atoms with Gasteiger partial charge in [0.2, 0.25) is 0 Å². The van der Waals surface area contributed by atoms with E-state index in [2.05, 4.69) is 76.2 Å². The lowest BCUT2D eigenvalue weighted by molar-refractivity contribution is -0.00939. The van der Waals surface area contributed by atoms with Crippen molar-refractivity contribution in [3.63, 3.8) is 0 Å². The van der Waals surface area contributed by atoms with Crippen LogP contribution in [0.15, 0.2) is 60.7 Å². The monoisotopic (exact) mass is 315 g/mol. The van der Waals surface area contributed by atoms with Crippen LogP contribution in [0.2, 0.25) is 5.31 Å². The first-order valence-corrected chi connectivity index (χ1v) is 8.52. The summed E-state index contributed by atoms with van der Waals surface area (Å²) in [6.45, 7) is 9.04. The van der Waals surface area contributed by atoms with E-state index in [-0.39, 0.29) is 17.8 Å². The van der Waals surface area contributed by atoms with Crippen molar-refractivity contribution in [3.05, 3.63) is 60.7 Å². The number of hydrogen-bond donors (Lipinski definition) is 0. The van der Waals surface area contributed by atoms with Gasteiger partial charge in [-0.1, -0.05) is 62.4 Å². The fraction of sp³-hybridized carbons (Fsp3) is 0.286. The standard InChI is InChI=1S/C21H22BNO/c1-20(2)21(3,4)24-22(20)17-12-9-16(10-13-17)19-14-11-15-7-5-6-8-18(15)23-19/h5-14H,1-4H3. The average Bonchev–Trinajstić information content (AvgIpc) is 2.59. The second kappa shape index (κ2) is 5.19. The number of rotatable bonds is 2. The van der Waals surface area contributed by atoms with Crippen molar-refractivity contribution < 1.29 is 4.65 Å². The second-order valence-electron chi connectivity index (χ2n) is 7.74. The summed E-state index contributed by atoms with van der Waals surface area (Å²) in [5.41, 5.74) is 4.35. The van der Waals surface area contributed by atoms with Gasteiger partial charge in [0.1, 0.15) is 0 Å². The molecule has 24 heavy (non-hydrogen) atoms. The van der Waals surface area contributed by atoms with Crippen LogP contribution in [0.3, 0.4) is 0 Å². The highest BCUT2D eigenvalue weighted by atomic mass is 16.5. The lowest BCUT2D eigenvalue weighted by Gasteiger charge is -2.57. The molecule has 2 nitrogen and oxygen atoms in total. The van der Waals surface area contributed by atoms with Gasteiger partial charge in [-0.2, -0.15) is 0 Å². The molecular weight excluding hydrogens is 293 g/mol. The van der Waals surface area contributed by atoms with Gasteiger partial charge in [-0.25, -0.2) is 4.98 Å². The molecule has 2 aromatic carbocycles. The van der Waals surface area contributed by atoms with Crippen LogP contribution in [0.1, 0.15) is 27.7 Å². The Morgan fingerprint density at radius 3 is 2.21 bits per heavy atom. The van der Waals surface area contributed by atoms with E-state index in [0.717, 1.165) is 16.8 Å². The number of para-hydroxylation sites is 1. The first-order chi connectivity index (χ1) is 11.4. The molecule has 0 unspecified atom stereocenters. The van der Waals surface area contributed by atoms with Crippen LogP contribution in [0.25, 0.3) is 22.2 Å². The van der Waals surface area contributed by atoms with Crippen molar-refractivity contribution in [1.82, 2.24) is 4.98 Å². The molecule has 0 amide bonds. The Morgan fingerprint density at radius 1 is 0.833 bits per heavy atom. The molecule has 0 saturated carbocycles. The molecule has 1 aliphatic rings. The van der Waals surface area contributed by atoms with Crippen LogP contribution < -0.4 is 5.46 Å². The van der Waals surface area contributed by atoms with Gasteiger partial charge in [-0.3, -0.25) is 0 Å². The topological polar surface area (TPSA) is 22.1 Å². The zero-order valence-corrected chi connectivity index (χ0v) is 14.7. The van der Waals surface area contributed by atoms with E-state index < -0.39 is 0 Å². The minimum Gasteiger partial charge on any atom is -0.425 e. The number of nitrogens with zero attached hydrogens (tertiary/aromatic N) is 1. The number of hydrogen-bond acceptors (Lipinski definition) is 2. The first-order valence-electron chi connectivity index (χ1n) is 8.52. The van der Waals surface area contributed by atoms with Crippen molar-refractivity contribution in [3.8, 4) is 11.3 Å². The van der Waals surface area contributed by atoms with E-state index in [9.17, 15) is 0 Å². The molecule has 0 N–H and O–H groups in total. The third-order valence-corrected chi connectivity index (χ3v) is 5.73. The van der Waals surface area contributed by atoms with Gasteiger partial charge in [0.25, 0.3) is 0 Å². The Hall–Kier alpha value is -2.13. The van der Waals surface area contributed by atoms with E-state index in [1.54, 1.807) is 0 Å². The predicted octanol–water partition coefficient (Wildman–Crippen LogP) is 4.69. The summed E-state index contributed by atoms with van der Waals surface area (Å²) >= 11 is 0. The quantitative estimate of drug-likeness (QED) is 0.640. The highest BCUT2D eigenvalue weighted by Crippen LogP contribution is 2.53. The van der Waals surface area contributed by atoms with Crippen molar-refractivity contribution in [2.24, 2.45) is 0 Å². The molecule has 120 valence electrons. The molecule has 3 heteroatoms. The molecule has 1 aliphatic heterocycles. The van der Waals surface area contributed by atoms with Crippen LogP contribution in [-0.2, 0) is 4.65 Å². The molecular formula is C21H22BNO. The normalized spacial score (nSPS) is 18.4. The average molecular weight is 315 g/mol. The van der Waals surface area contributed by atoms with Gasteiger partial charge in [-0.05, 0) is 31.4 Å². The highest BCUT2D eigenvalue weighted by molar-refractivity contribution is 6.73. The molecule has 4 rings (SSSR count). The Labute approximate surface area is 144 Å². The Bertz CT molecular complexity index is 899. The summed E-state index contributed by atoms with van der Waals surface area (Å²) in [6, 6.07) is 21.1. The smallest absolute Gasteiger partial charge is 0.335 e. The van der Waals surface area contributed by atoms with E-state index in [1.807, 2.05) is 12.1 Å². The Morgan fingerprint density at radius 2 is 1.54 bits per heavy atom. The number of aromatic nitrogens is 1. The molecule has 1 aromatic heterocycles. The third-order valence-electron chi connectivity index (χ3n) is 5.73. The van der Waals surface area contributed by atoms with Gasteiger partial charge in [0, 0.05) is 21.9 Å². The van der Waals surface area contributed by atoms with Crippen LogP contribution in [0.5, 0.6) is 0 Å². The molecule has 1 fully saturated rings. The summed E-state index contributed by atoms with van der Waals surface area (Å²) in [7, 11) is 0. The number of fused-ring (bicyclic) bond motifs is 1. The Kier molecular flexibility index (Phi) is 3.33. The van der Waals surface area contributed by atoms with Gasteiger partial charge in [0.05, 0.1) is 11.2 Å². The molecule has 2 heterocycles. The minimum atomic E-state index is -0.0732. The van der Waals surface area contributed by atoms with Gasteiger partial charge >= 0.3 is 6.92 Å². The maximum absolute atomic E-state index is 6.12. The summed E-state index contributed by atoms with van der Waals surface area (Å²) in [5, 5.41) is 1.31. The summed E-state index contributed by atoms with van der Waals surface area (Å²) in [5.74, 6) is 0. The van der Waals surface area contributed by atoms with Crippen molar-refractivity contribution in [2.75, 3.05) is 0 Å². The van der Waals surface area contributed by atoms with E-state index in [4.69, 9.17) is 9.64 Å². The summed E-state index contributed by atoms with van der Waals surface area (Å²) in [4.78, 5) is 4.77. The molecule has 0 spiro atoms. The first kappa shape index (κ1) is 15.4. The van der Waals surface area contributed by atoms with E-state index >= 15 is 0 Å². The van der Waals surface area contributed by atoms with Gasteiger partial charge in [-0.15, -0.1) is 0 Å². The lowest BCUT2D eigenvalue weighted by atomic mass is 9.33. The number of benzene rings is 2. The van der Waals surface area contributed by atoms with Crippen molar-refractivity contribution in [1.29, 1.82) is 0 Å². The van der Waals surface area contributed by atoms with Crippen molar-refractivity contribution in [2.45, 2.75) is 38.6 Å². The molecule has 0 radical (unpaired) electrons. The SMILES string of the molecule is CC1(C)OB(c2ccc(-c3ccc4ccccc4n3)cc2)C1(C)C. The minimum absolute atomic E-state index is 0.0732. The molecule has 0 bridgehead atoms. The largest absolute Gasteiger partial charge is 0.425 e. The van der Waals surface area contributed by atoms with Crippen LogP contribution in [0.4, 0.5) is 0 Å². The van der Waals surface area contributed by atoms with Crippen LogP contribution >= 0.6 is 0 Å². The van der Waals surface area contributed by atoms with E-state index in [1.165, 1.54) is 10.8 Å². The second-order valence-corrected chi connectivity index (χ2v) is 7.74. The predicted molar refractivity (Wildman–Crippen MR) is 102 cm³/mol. The summed E-state index contributed by atoms with van der Waals surface area (Å²) < 4.78 is 6.12. The zero-order chi connectivity index (χ0) is 16.9. The zero-order valence-electron chi connectivity index (χ0n) is 14.7. The lowest BCUT2D eigenvalue weighted by Crippen LogP contribution is -2.66. The maximum atomic E-state index is 6.12. The van der Waals surface area contributed by atoms with Crippen molar-refractivity contribution >= 4 is 23.3 Å². The molecule has 0 atom stereocenters. The fourth-order valence-corrected chi connectivity index (χ4v) is 3.39. The summed E-state index contributed by atoms with van der Waals surface area (Å²) in [6.07, 6.45) is 0. The van der Waals surface area contributed by atoms with Crippen LogP contribution in [0, 0.1) is 0 Å². The highest BCUT2D eigenvalue weighted by Gasteiger charge is 2.59. The molecule has 1 saturated heterocycles. The van der Waals surface area contributed by atoms with E-state index in [0.29, 0.717) is 0 Å². The van der Waals surface area contributed by atoms with Crippen LogP contribution in [-0.4, -0.2) is 17.5 Å². The Balaban J connectivity index is 1.64.